The maximum absolute atomic E-state index is 12.4. The first-order chi connectivity index (χ1) is 10.5. The summed E-state index contributed by atoms with van der Waals surface area (Å²) in [6, 6.07) is 0. The standard InChI is InChI=1S/C15H31N3O4/c1-5-16-6-7-18(12-14(2)19)15(20)13-17(8-10-21-3)9-11-22-4/h16H,5-13H2,1-4H3. The molecule has 0 aliphatic heterocycles. The number of ether oxygens (including phenoxy) is 2. The van der Waals surface area contributed by atoms with Crippen molar-refractivity contribution in [2.24, 2.45) is 0 Å². The van der Waals surface area contributed by atoms with Crippen LogP contribution in [-0.4, -0.2) is 94.7 Å². The van der Waals surface area contributed by atoms with Crippen molar-refractivity contribution in [1.29, 1.82) is 0 Å². The SMILES string of the molecule is CCNCCN(CC(C)=O)C(=O)CN(CCOC)CCOC. The summed E-state index contributed by atoms with van der Waals surface area (Å²) in [4.78, 5) is 27.4. The minimum Gasteiger partial charge on any atom is -0.383 e. The van der Waals surface area contributed by atoms with Crippen LogP contribution in [0.1, 0.15) is 13.8 Å². The predicted octanol–water partition coefficient (Wildman–Crippen LogP) is -0.392. The largest absolute Gasteiger partial charge is 0.383 e. The quantitative estimate of drug-likeness (QED) is 0.440. The summed E-state index contributed by atoms with van der Waals surface area (Å²) in [6.45, 7) is 8.44. The van der Waals surface area contributed by atoms with E-state index in [0.29, 0.717) is 39.4 Å². The van der Waals surface area contributed by atoms with Crippen molar-refractivity contribution in [3.63, 3.8) is 0 Å². The maximum Gasteiger partial charge on any atom is 0.237 e. The fraction of sp³-hybridized carbons (Fsp3) is 0.867. The summed E-state index contributed by atoms with van der Waals surface area (Å²) < 4.78 is 10.1. The third-order valence-electron chi connectivity index (χ3n) is 3.16. The Morgan fingerprint density at radius 3 is 2.05 bits per heavy atom. The first kappa shape index (κ1) is 21.0. The van der Waals surface area contributed by atoms with Gasteiger partial charge in [0.2, 0.25) is 5.91 Å². The van der Waals surface area contributed by atoms with Crippen LogP contribution >= 0.6 is 0 Å². The number of nitrogens with one attached hydrogen (secondary N) is 1. The van der Waals surface area contributed by atoms with Crippen LogP contribution < -0.4 is 5.32 Å². The molecule has 0 spiro atoms. The van der Waals surface area contributed by atoms with E-state index in [1.807, 2.05) is 11.8 Å². The Morgan fingerprint density at radius 2 is 1.59 bits per heavy atom. The van der Waals surface area contributed by atoms with E-state index in [-0.39, 0.29) is 24.8 Å². The molecule has 7 nitrogen and oxygen atoms in total. The van der Waals surface area contributed by atoms with Gasteiger partial charge in [0.15, 0.2) is 0 Å². The van der Waals surface area contributed by atoms with Crippen LogP contribution in [0, 0.1) is 0 Å². The second kappa shape index (κ2) is 13.6. The van der Waals surface area contributed by atoms with Gasteiger partial charge in [0, 0.05) is 40.4 Å². The molecule has 0 fully saturated rings. The minimum absolute atomic E-state index is 0.00909. The number of hydrogen-bond acceptors (Lipinski definition) is 6. The highest BCUT2D eigenvalue weighted by Gasteiger charge is 2.18. The fourth-order valence-corrected chi connectivity index (χ4v) is 1.95. The third-order valence-corrected chi connectivity index (χ3v) is 3.16. The van der Waals surface area contributed by atoms with Crippen molar-refractivity contribution in [2.75, 3.05) is 73.2 Å². The number of nitrogens with zero attached hydrogens (tertiary/aromatic N) is 2. The molecule has 0 atom stereocenters. The summed E-state index contributed by atoms with van der Waals surface area (Å²) >= 11 is 0. The lowest BCUT2D eigenvalue weighted by atomic mass is 10.3. The average Bonchev–Trinajstić information content (AvgIpc) is 2.48. The summed E-state index contributed by atoms with van der Waals surface area (Å²) in [5, 5.41) is 3.17. The Labute approximate surface area is 133 Å². The number of carbonyl (C=O) groups is 2. The monoisotopic (exact) mass is 317 g/mol. The highest BCUT2D eigenvalue weighted by molar-refractivity contribution is 5.85. The Balaban J connectivity index is 4.52. The first-order valence-corrected chi connectivity index (χ1v) is 7.73. The van der Waals surface area contributed by atoms with Crippen LogP contribution in [0.2, 0.25) is 0 Å². The molecule has 0 rings (SSSR count). The smallest absolute Gasteiger partial charge is 0.237 e. The minimum atomic E-state index is -0.0414. The summed E-state index contributed by atoms with van der Waals surface area (Å²) in [5.41, 5.74) is 0. The number of carbonyl (C=O) groups excluding carboxylic acids is 2. The highest BCUT2D eigenvalue weighted by Crippen LogP contribution is 1.96. The van der Waals surface area contributed by atoms with Crippen molar-refractivity contribution < 1.29 is 19.1 Å². The van der Waals surface area contributed by atoms with E-state index in [1.54, 1.807) is 19.1 Å². The Hall–Kier alpha value is -1.02. The zero-order chi connectivity index (χ0) is 16.8. The van der Waals surface area contributed by atoms with Gasteiger partial charge in [-0.05, 0) is 13.5 Å². The van der Waals surface area contributed by atoms with Crippen LogP contribution in [0.25, 0.3) is 0 Å². The number of methoxy groups -OCH3 is 2. The third kappa shape index (κ3) is 10.7. The molecular weight excluding hydrogens is 286 g/mol. The van der Waals surface area contributed by atoms with Crippen LogP contribution in [0.5, 0.6) is 0 Å². The van der Waals surface area contributed by atoms with E-state index < -0.39 is 0 Å². The topological polar surface area (TPSA) is 71.1 Å². The lowest BCUT2D eigenvalue weighted by Crippen LogP contribution is -2.46. The molecule has 0 aliphatic rings. The second-order valence-electron chi connectivity index (χ2n) is 5.13. The van der Waals surface area contributed by atoms with Gasteiger partial charge in [0.1, 0.15) is 5.78 Å². The van der Waals surface area contributed by atoms with Gasteiger partial charge in [0.05, 0.1) is 26.3 Å². The molecule has 22 heavy (non-hydrogen) atoms. The lowest BCUT2D eigenvalue weighted by Gasteiger charge is -2.26. The van der Waals surface area contributed by atoms with Gasteiger partial charge in [-0.3, -0.25) is 14.5 Å². The van der Waals surface area contributed by atoms with Crippen molar-refractivity contribution in [2.45, 2.75) is 13.8 Å². The van der Waals surface area contributed by atoms with Crippen LogP contribution in [0.15, 0.2) is 0 Å². The molecule has 7 heteroatoms. The number of amides is 1. The van der Waals surface area contributed by atoms with E-state index in [2.05, 4.69) is 5.32 Å². The Kier molecular flexibility index (Phi) is 13.0. The number of ketones is 1. The predicted molar refractivity (Wildman–Crippen MR) is 86.0 cm³/mol. The van der Waals surface area contributed by atoms with Crippen molar-refractivity contribution in [3.05, 3.63) is 0 Å². The van der Waals surface area contributed by atoms with Crippen molar-refractivity contribution in [1.82, 2.24) is 15.1 Å². The number of hydrogen-bond donors (Lipinski definition) is 1. The molecule has 0 aliphatic carbocycles. The van der Waals surface area contributed by atoms with Crippen LogP contribution in [0.3, 0.4) is 0 Å². The first-order valence-electron chi connectivity index (χ1n) is 7.73. The molecule has 0 saturated heterocycles. The molecule has 0 heterocycles. The van der Waals surface area contributed by atoms with Gasteiger partial charge in [-0.1, -0.05) is 6.92 Å². The van der Waals surface area contributed by atoms with Crippen LogP contribution in [-0.2, 0) is 19.1 Å². The normalized spacial score (nSPS) is 11.0. The average molecular weight is 317 g/mol. The second-order valence-corrected chi connectivity index (χ2v) is 5.13. The molecule has 1 N–H and O–H groups in total. The fourth-order valence-electron chi connectivity index (χ4n) is 1.95. The molecule has 0 aromatic carbocycles. The molecule has 0 radical (unpaired) electrons. The van der Waals surface area contributed by atoms with Gasteiger partial charge >= 0.3 is 0 Å². The maximum atomic E-state index is 12.4. The molecule has 0 aromatic rings. The van der Waals surface area contributed by atoms with Gasteiger partial charge < -0.3 is 19.7 Å². The Morgan fingerprint density at radius 1 is 1.00 bits per heavy atom. The van der Waals surface area contributed by atoms with Gasteiger partial charge in [-0.15, -0.1) is 0 Å². The number of Topliss-reactive ketones (excluding diaryl/α,β-unsaturated/α-hetero) is 1. The molecule has 0 saturated carbocycles. The van der Waals surface area contributed by atoms with E-state index in [0.717, 1.165) is 6.54 Å². The lowest BCUT2D eigenvalue weighted by molar-refractivity contribution is -0.136. The van der Waals surface area contributed by atoms with Crippen LogP contribution in [0.4, 0.5) is 0 Å². The van der Waals surface area contributed by atoms with E-state index in [4.69, 9.17) is 9.47 Å². The van der Waals surface area contributed by atoms with Crippen molar-refractivity contribution >= 4 is 11.7 Å². The summed E-state index contributed by atoms with van der Waals surface area (Å²) in [5.74, 6) is -0.0505. The number of likely N-dealkylation sites (N-methyl/N-ethyl adjacent to an activating group) is 1. The molecule has 0 aromatic heterocycles. The summed E-state index contributed by atoms with van der Waals surface area (Å²) in [7, 11) is 3.27. The zero-order valence-corrected chi connectivity index (χ0v) is 14.4. The highest BCUT2D eigenvalue weighted by atomic mass is 16.5. The van der Waals surface area contributed by atoms with Gasteiger partial charge in [0.25, 0.3) is 0 Å². The van der Waals surface area contributed by atoms with E-state index >= 15 is 0 Å². The molecule has 130 valence electrons. The molecule has 0 unspecified atom stereocenters. The molecule has 0 bridgehead atoms. The summed E-state index contributed by atoms with van der Waals surface area (Å²) in [6.07, 6.45) is 0. The number of rotatable bonds is 14. The molecule has 1 amide bonds. The molecular formula is C15H31N3O4. The van der Waals surface area contributed by atoms with Gasteiger partial charge in [-0.25, -0.2) is 0 Å². The van der Waals surface area contributed by atoms with E-state index in [1.165, 1.54) is 6.92 Å². The van der Waals surface area contributed by atoms with Crippen molar-refractivity contribution in [3.8, 4) is 0 Å². The zero-order valence-electron chi connectivity index (χ0n) is 14.4. The van der Waals surface area contributed by atoms with E-state index in [9.17, 15) is 9.59 Å². The van der Waals surface area contributed by atoms with Gasteiger partial charge in [-0.2, -0.15) is 0 Å². The Bertz CT molecular complexity index is 305.